The van der Waals surface area contributed by atoms with Crippen LogP contribution in [-0.4, -0.2) is 33.2 Å². The number of methoxy groups -OCH3 is 1. The molecule has 7 nitrogen and oxygen atoms in total. The molecule has 1 N–H and O–H groups in total. The maximum atomic E-state index is 12.9. The van der Waals surface area contributed by atoms with E-state index in [1.807, 2.05) is 55.5 Å². The number of rotatable bonds is 6. The fraction of sp³-hybridized carbons (Fsp3) is 0.222. The van der Waals surface area contributed by atoms with Gasteiger partial charge in [0.05, 0.1) is 12.8 Å². The third-order valence-corrected chi connectivity index (χ3v) is 3.87. The van der Waals surface area contributed by atoms with Gasteiger partial charge in [-0.15, -0.1) is 5.10 Å². The van der Waals surface area contributed by atoms with Gasteiger partial charge in [0.15, 0.2) is 0 Å². The van der Waals surface area contributed by atoms with Crippen molar-refractivity contribution >= 4 is 11.6 Å². The minimum absolute atomic E-state index is 0.208. The summed E-state index contributed by atoms with van der Waals surface area (Å²) in [6, 6.07) is 14.8. The lowest BCUT2D eigenvalue weighted by atomic mass is 10.1. The Balaban J connectivity index is 1.86. The highest BCUT2D eigenvalue weighted by Gasteiger charge is 2.23. The molecule has 0 saturated carbocycles. The second-order valence-electron chi connectivity index (χ2n) is 5.69. The Morgan fingerprint density at radius 1 is 1.24 bits per heavy atom. The number of carbonyl (C=O) groups excluding carboxylic acids is 1. The summed E-state index contributed by atoms with van der Waals surface area (Å²) in [5, 5.41) is 14.1. The summed E-state index contributed by atoms with van der Waals surface area (Å²) in [6.45, 7) is 1.96. The average molecular weight is 337 g/mol. The van der Waals surface area contributed by atoms with Crippen LogP contribution in [0.3, 0.4) is 0 Å². The molecule has 0 aliphatic rings. The van der Waals surface area contributed by atoms with Crippen LogP contribution in [0.25, 0.3) is 0 Å². The molecule has 1 heterocycles. The number of hydrogen-bond acceptors (Lipinski definition) is 5. The topological polar surface area (TPSA) is 81.9 Å². The van der Waals surface area contributed by atoms with Gasteiger partial charge in [-0.2, -0.15) is 0 Å². The van der Waals surface area contributed by atoms with Gasteiger partial charge in [-0.05, 0) is 40.6 Å². The monoisotopic (exact) mass is 337 g/mol. The van der Waals surface area contributed by atoms with E-state index in [-0.39, 0.29) is 5.91 Å². The van der Waals surface area contributed by atoms with Crippen LogP contribution in [-0.2, 0) is 11.2 Å². The zero-order valence-electron chi connectivity index (χ0n) is 14.1. The second kappa shape index (κ2) is 7.57. The van der Waals surface area contributed by atoms with Gasteiger partial charge >= 0.3 is 0 Å². The molecule has 0 fully saturated rings. The minimum atomic E-state index is -0.567. The van der Waals surface area contributed by atoms with E-state index in [0.29, 0.717) is 17.9 Å². The zero-order chi connectivity index (χ0) is 17.6. The van der Waals surface area contributed by atoms with Gasteiger partial charge in [0, 0.05) is 6.42 Å². The number of amides is 1. The molecular formula is C18H19N5O2. The number of benzene rings is 2. The van der Waals surface area contributed by atoms with E-state index in [4.69, 9.17) is 4.74 Å². The summed E-state index contributed by atoms with van der Waals surface area (Å²) < 4.78 is 6.79. The molecule has 1 amide bonds. The molecule has 0 bridgehead atoms. The molecule has 0 saturated heterocycles. The van der Waals surface area contributed by atoms with E-state index < -0.39 is 6.04 Å². The van der Waals surface area contributed by atoms with Crippen LogP contribution >= 0.6 is 0 Å². The quantitative estimate of drug-likeness (QED) is 0.747. The second-order valence-corrected chi connectivity index (χ2v) is 5.69. The summed E-state index contributed by atoms with van der Waals surface area (Å²) in [4.78, 5) is 12.9. The predicted octanol–water partition coefficient (Wildman–Crippen LogP) is 2.41. The molecule has 0 spiro atoms. The number of carbonyl (C=O) groups is 1. The molecule has 1 atom stereocenters. The van der Waals surface area contributed by atoms with Crippen LogP contribution in [0.1, 0.15) is 17.2 Å². The zero-order valence-corrected chi connectivity index (χ0v) is 14.1. The molecule has 0 unspecified atom stereocenters. The first-order valence-electron chi connectivity index (χ1n) is 7.89. The smallest absolute Gasteiger partial charge is 0.249 e. The Hall–Kier alpha value is -3.22. The standard InChI is InChI=1S/C18H19N5O2/c1-13-8-9-17(25-2)15(10-13)20-18(24)16(23-12-19-21-22-23)11-14-6-4-3-5-7-14/h3-10,12,16H,11H2,1-2H3,(H,20,24)/t16-/m0/s1. The molecule has 3 aromatic rings. The van der Waals surface area contributed by atoms with Crippen molar-refractivity contribution in [3.63, 3.8) is 0 Å². The lowest BCUT2D eigenvalue weighted by molar-refractivity contribution is -0.119. The Morgan fingerprint density at radius 2 is 2.04 bits per heavy atom. The van der Waals surface area contributed by atoms with Crippen LogP contribution < -0.4 is 10.1 Å². The number of nitrogens with one attached hydrogen (secondary N) is 1. The Morgan fingerprint density at radius 3 is 2.72 bits per heavy atom. The van der Waals surface area contributed by atoms with Gasteiger partial charge in [-0.3, -0.25) is 4.79 Å². The first-order chi connectivity index (χ1) is 12.2. The van der Waals surface area contributed by atoms with Crippen molar-refractivity contribution in [2.75, 3.05) is 12.4 Å². The van der Waals surface area contributed by atoms with Gasteiger partial charge in [0.2, 0.25) is 5.91 Å². The molecule has 128 valence electrons. The molecule has 2 aromatic carbocycles. The molecule has 1 aromatic heterocycles. The van der Waals surface area contributed by atoms with Crippen LogP contribution in [0.15, 0.2) is 54.9 Å². The van der Waals surface area contributed by atoms with Gasteiger partial charge in [-0.25, -0.2) is 4.68 Å². The van der Waals surface area contributed by atoms with Gasteiger partial charge in [0.25, 0.3) is 0 Å². The highest BCUT2D eigenvalue weighted by Crippen LogP contribution is 2.26. The molecule has 0 aliphatic heterocycles. The van der Waals surface area contributed by atoms with Crippen LogP contribution in [0.5, 0.6) is 5.75 Å². The predicted molar refractivity (Wildman–Crippen MR) is 93.4 cm³/mol. The van der Waals surface area contributed by atoms with Gasteiger partial charge < -0.3 is 10.1 Å². The molecule has 0 radical (unpaired) electrons. The van der Waals surface area contributed by atoms with Crippen molar-refractivity contribution in [1.82, 2.24) is 20.2 Å². The number of hydrogen-bond donors (Lipinski definition) is 1. The number of aromatic nitrogens is 4. The summed E-state index contributed by atoms with van der Waals surface area (Å²) in [5.74, 6) is 0.397. The number of ether oxygens (including phenoxy) is 1. The Labute approximate surface area is 145 Å². The molecule has 25 heavy (non-hydrogen) atoms. The fourth-order valence-electron chi connectivity index (χ4n) is 2.59. The lowest BCUT2D eigenvalue weighted by Gasteiger charge is -2.18. The van der Waals surface area contributed by atoms with Crippen molar-refractivity contribution in [2.45, 2.75) is 19.4 Å². The minimum Gasteiger partial charge on any atom is -0.495 e. The normalized spacial score (nSPS) is 11.8. The van der Waals surface area contributed by atoms with Crippen molar-refractivity contribution in [1.29, 1.82) is 0 Å². The molecule has 7 heteroatoms. The summed E-state index contributed by atoms with van der Waals surface area (Å²) in [5.41, 5.74) is 2.67. The highest BCUT2D eigenvalue weighted by atomic mass is 16.5. The summed E-state index contributed by atoms with van der Waals surface area (Å²) in [7, 11) is 1.57. The van der Waals surface area contributed by atoms with Gasteiger partial charge in [0.1, 0.15) is 18.1 Å². The Kier molecular flexibility index (Phi) is 5.03. The highest BCUT2D eigenvalue weighted by molar-refractivity contribution is 5.95. The van der Waals surface area contributed by atoms with Crippen LogP contribution in [0.4, 0.5) is 5.69 Å². The molecule has 3 rings (SSSR count). The van der Waals surface area contributed by atoms with E-state index in [1.54, 1.807) is 7.11 Å². The molecular weight excluding hydrogens is 318 g/mol. The van der Waals surface area contributed by atoms with Crippen molar-refractivity contribution in [3.05, 3.63) is 66.0 Å². The van der Waals surface area contributed by atoms with Crippen molar-refractivity contribution in [2.24, 2.45) is 0 Å². The maximum Gasteiger partial charge on any atom is 0.249 e. The van der Waals surface area contributed by atoms with E-state index in [2.05, 4.69) is 20.8 Å². The first kappa shape index (κ1) is 16.6. The van der Waals surface area contributed by atoms with Crippen molar-refractivity contribution < 1.29 is 9.53 Å². The first-order valence-corrected chi connectivity index (χ1v) is 7.89. The maximum absolute atomic E-state index is 12.9. The Bertz CT molecular complexity index is 834. The third-order valence-electron chi connectivity index (χ3n) is 3.87. The van der Waals surface area contributed by atoms with E-state index in [9.17, 15) is 4.79 Å². The van der Waals surface area contributed by atoms with Crippen LogP contribution in [0.2, 0.25) is 0 Å². The summed E-state index contributed by atoms with van der Waals surface area (Å²) >= 11 is 0. The van der Waals surface area contributed by atoms with Crippen molar-refractivity contribution in [3.8, 4) is 5.75 Å². The molecule has 0 aliphatic carbocycles. The number of aryl methyl sites for hydroxylation is 1. The SMILES string of the molecule is COc1ccc(C)cc1NC(=O)[C@H](Cc1ccccc1)n1cnnn1. The third kappa shape index (κ3) is 4.00. The average Bonchev–Trinajstić information content (AvgIpc) is 3.15. The van der Waals surface area contributed by atoms with Gasteiger partial charge in [-0.1, -0.05) is 36.4 Å². The summed E-state index contributed by atoms with van der Waals surface area (Å²) in [6.07, 6.45) is 1.92. The fourth-order valence-corrected chi connectivity index (χ4v) is 2.59. The number of tetrazole rings is 1. The van der Waals surface area contributed by atoms with Crippen LogP contribution in [0, 0.1) is 6.92 Å². The largest absolute Gasteiger partial charge is 0.495 e. The number of nitrogens with zero attached hydrogens (tertiary/aromatic N) is 4. The lowest BCUT2D eigenvalue weighted by Crippen LogP contribution is -2.28. The van der Waals surface area contributed by atoms with E-state index in [1.165, 1.54) is 11.0 Å². The number of anilines is 1. The van der Waals surface area contributed by atoms with E-state index in [0.717, 1.165) is 11.1 Å². The van der Waals surface area contributed by atoms with E-state index >= 15 is 0 Å².